The number of unbranched alkanes of at least 4 members (excludes halogenated alkanes) is 2. The van der Waals surface area contributed by atoms with Crippen LogP contribution in [0.2, 0.25) is 0 Å². The molecule has 3 aliphatic rings. The number of thioether (sulfide) groups is 2. The second-order valence-corrected chi connectivity index (χ2v) is 23.2. The zero-order valence-corrected chi connectivity index (χ0v) is 42.5. The normalized spacial score (nSPS) is 18.3. The van der Waals surface area contributed by atoms with Crippen molar-refractivity contribution < 1.29 is 28.6 Å². The van der Waals surface area contributed by atoms with Crippen LogP contribution in [0.3, 0.4) is 0 Å². The molecule has 4 aromatic heterocycles. The van der Waals surface area contributed by atoms with Crippen molar-refractivity contribution in [3.63, 3.8) is 0 Å². The second kappa shape index (κ2) is 20.5. The van der Waals surface area contributed by atoms with Gasteiger partial charge in [-0.25, -0.2) is 0 Å². The molecule has 332 valence electrons. The number of likely N-dealkylation sites (N-methyl/N-ethyl adjacent to an activating group) is 2. The summed E-state index contributed by atoms with van der Waals surface area (Å²) in [5.41, 5.74) is 0.505. The lowest BCUT2D eigenvalue weighted by atomic mass is 9.95. The van der Waals surface area contributed by atoms with Crippen molar-refractivity contribution >= 4 is 115 Å². The number of amides is 3. The molecular weight excluding hydrogens is 913 g/mol. The highest BCUT2D eigenvalue weighted by molar-refractivity contribution is 8.26. The van der Waals surface area contributed by atoms with E-state index in [-0.39, 0.29) is 17.1 Å². The number of carbonyl (C=O) groups is 3. The highest BCUT2D eigenvalue weighted by atomic mass is 32.2. The smallest absolute Gasteiger partial charge is 0.293 e. The van der Waals surface area contributed by atoms with Crippen LogP contribution in [0.1, 0.15) is 122 Å². The highest BCUT2D eigenvalue weighted by Crippen LogP contribution is 2.58. The number of imide groups is 1. The molecule has 0 N–H and O–H groups in total. The molecule has 7 heterocycles. The number of rotatable bonds is 20. The maximum atomic E-state index is 13.2. The first-order chi connectivity index (χ1) is 29.8. The van der Waals surface area contributed by atoms with Crippen LogP contribution < -0.4 is 14.2 Å². The van der Waals surface area contributed by atoms with Crippen molar-refractivity contribution in [3.8, 4) is 46.5 Å². The van der Waals surface area contributed by atoms with Gasteiger partial charge in [-0.2, -0.15) is 0 Å². The minimum Gasteiger partial charge on any atom is -0.492 e. The van der Waals surface area contributed by atoms with Gasteiger partial charge in [-0.3, -0.25) is 24.2 Å². The van der Waals surface area contributed by atoms with Crippen molar-refractivity contribution in [1.29, 1.82) is 0 Å². The molecule has 0 saturated carbocycles. The summed E-state index contributed by atoms with van der Waals surface area (Å²) in [6.07, 6.45) is 12.8. The minimum atomic E-state index is -0.607. The van der Waals surface area contributed by atoms with Crippen LogP contribution >= 0.6 is 81.1 Å². The van der Waals surface area contributed by atoms with Crippen LogP contribution in [0, 0.1) is 11.8 Å². The monoisotopic (exact) mass is 968 g/mol. The molecule has 2 unspecified atom stereocenters. The van der Waals surface area contributed by atoms with E-state index in [1.54, 1.807) is 50.2 Å². The van der Waals surface area contributed by atoms with Crippen LogP contribution in [0.5, 0.6) is 17.2 Å². The Balaban J connectivity index is 1.27. The number of hydrogen-bond acceptors (Lipinski definition) is 13. The SMILES string of the molecule is CCCCC(CC)COc1cc(/C=C2/SC(=S)N(CC)C2=O)sc1-c1cc2c(s1)-c1sc(-c3sc(/C=C4/SC(=O)N(CC)C4=O)cc3OCC(CC)CCCC)cc1C(C)(C)O2. The third kappa shape index (κ3) is 9.99. The molecule has 2 saturated heterocycles. The largest absolute Gasteiger partial charge is 0.492 e. The molecule has 0 radical (unpaired) electrons. The first-order valence-electron chi connectivity index (χ1n) is 21.8. The van der Waals surface area contributed by atoms with Crippen LogP contribution in [-0.2, 0) is 15.2 Å². The fourth-order valence-corrected chi connectivity index (χ4v) is 14.9. The van der Waals surface area contributed by atoms with E-state index in [9.17, 15) is 14.4 Å². The van der Waals surface area contributed by atoms with Gasteiger partial charge in [0.2, 0.25) is 0 Å². The van der Waals surface area contributed by atoms with Gasteiger partial charge in [0.25, 0.3) is 17.1 Å². The molecule has 0 spiro atoms. The Labute approximate surface area is 396 Å². The van der Waals surface area contributed by atoms with Gasteiger partial charge in [-0.1, -0.05) is 90.2 Å². The van der Waals surface area contributed by atoms with Gasteiger partial charge in [0.1, 0.15) is 27.2 Å². The number of thiocarbonyl (C=S) groups is 1. The summed E-state index contributed by atoms with van der Waals surface area (Å²) >= 11 is 14.5. The Morgan fingerprint density at radius 3 is 1.69 bits per heavy atom. The summed E-state index contributed by atoms with van der Waals surface area (Å²) in [5.74, 6) is 3.05. The molecule has 62 heavy (non-hydrogen) atoms. The van der Waals surface area contributed by atoms with Gasteiger partial charge in [0, 0.05) is 39.4 Å². The molecule has 0 aliphatic carbocycles. The van der Waals surface area contributed by atoms with Crippen LogP contribution in [0.25, 0.3) is 41.4 Å². The van der Waals surface area contributed by atoms with Gasteiger partial charge in [0.05, 0.1) is 47.4 Å². The standard InChI is InChI=1S/C47H56N2O6S7/c1-9-15-17-27(11-3)25-53-32-19-29(21-37-43(50)48(13-5)45(52)61-37)57-40(32)35-23-31-39(59-35)42-34(55-47(31,7)8)24-36(60-42)41-33(54-26-28(12-4)18-16-10-2)20-30(58-41)22-38-44(51)49(14-6)46(56)62-38/h19-24,27-28H,9-18,25-26H2,1-8H3/b37-21+,38-22+. The molecule has 2 fully saturated rings. The molecule has 3 amide bonds. The van der Waals surface area contributed by atoms with Gasteiger partial charge < -0.3 is 14.2 Å². The maximum Gasteiger partial charge on any atom is 0.293 e. The lowest BCUT2D eigenvalue weighted by molar-refractivity contribution is -0.123. The van der Waals surface area contributed by atoms with E-state index in [2.05, 4.69) is 59.7 Å². The van der Waals surface area contributed by atoms with E-state index in [0.29, 0.717) is 52.3 Å². The van der Waals surface area contributed by atoms with Crippen LogP contribution in [0.4, 0.5) is 4.79 Å². The van der Waals surface area contributed by atoms with Gasteiger partial charge in [0.15, 0.2) is 0 Å². The van der Waals surface area contributed by atoms with Crippen LogP contribution in [0.15, 0.2) is 34.1 Å². The van der Waals surface area contributed by atoms with Crippen LogP contribution in [-0.4, -0.2) is 57.5 Å². The number of nitrogens with zero attached hydrogens (tertiary/aromatic N) is 2. The van der Waals surface area contributed by atoms with Gasteiger partial charge in [-0.15, -0.1) is 45.3 Å². The Kier molecular flexibility index (Phi) is 15.6. The van der Waals surface area contributed by atoms with Crippen molar-refractivity contribution in [2.24, 2.45) is 11.8 Å². The Bertz CT molecular complexity index is 2380. The second-order valence-electron chi connectivity index (χ2n) is 16.3. The summed E-state index contributed by atoms with van der Waals surface area (Å²) in [4.78, 5) is 51.1. The quantitative estimate of drug-likeness (QED) is 0.0635. The molecule has 15 heteroatoms. The third-order valence-corrected chi connectivity index (χ3v) is 18.7. The summed E-state index contributed by atoms with van der Waals surface area (Å²) < 4.78 is 20.8. The molecule has 0 aromatic carbocycles. The Hall–Kier alpha value is -2.92. The summed E-state index contributed by atoms with van der Waals surface area (Å²) in [6, 6.07) is 8.51. The predicted octanol–water partition coefficient (Wildman–Crippen LogP) is 15.0. The Morgan fingerprint density at radius 1 is 0.677 bits per heavy atom. The number of hydrogen-bond donors (Lipinski definition) is 0. The maximum absolute atomic E-state index is 13.2. The summed E-state index contributed by atoms with van der Waals surface area (Å²) in [5, 5.41) is -0.236. The van der Waals surface area contributed by atoms with Crippen molar-refractivity contribution in [3.05, 3.63) is 49.4 Å². The summed E-state index contributed by atoms with van der Waals surface area (Å²) in [7, 11) is 0. The number of ether oxygens (including phenoxy) is 3. The van der Waals surface area contributed by atoms with E-state index < -0.39 is 5.60 Å². The van der Waals surface area contributed by atoms with Gasteiger partial charge in [-0.05, 0) is 94.5 Å². The first kappa shape index (κ1) is 47.1. The van der Waals surface area contributed by atoms with Crippen molar-refractivity contribution in [2.45, 2.75) is 112 Å². The Morgan fingerprint density at radius 2 is 1.19 bits per heavy atom. The molecule has 0 bridgehead atoms. The molecule has 2 atom stereocenters. The van der Waals surface area contributed by atoms with Crippen molar-refractivity contribution in [1.82, 2.24) is 9.80 Å². The van der Waals surface area contributed by atoms with E-state index in [1.165, 1.54) is 23.1 Å². The molecule has 3 aliphatic heterocycles. The fourth-order valence-electron chi connectivity index (χ4n) is 7.67. The molecule has 4 aromatic rings. The van der Waals surface area contributed by atoms with E-state index in [4.69, 9.17) is 26.4 Å². The van der Waals surface area contributed by atoms with E-state index in [1.807, 2.05) is 32.1 Å². The minimum absolute atomic E-state index is 0.0531. The average molecular weight is 969 g/mol. The third-order valence-electron chi connectivity index (χ3n) is 11.5. The average Bonchev–Trinajstić information content (AvgIpc) is 4.10. The fraction of sp³-hybridized carbons (Fsp3) is 0.489. The predicted molar refractivity (Wildman–Crippen MR) is 269 cm³/mol. The molecule has 7 rings (SSSR count). The summed E-state index contributed by atoms with van der Waals surface area (Å²) in [6.45, 7) is 19.0. The number of carbonyl (C=O) groups excluding carboxylic acids is 3. The topological polar surface area (TPSA) is 85.4 Å². The lowest BCUT2D eigenvalue weighted by Gasteiger charge is -2.31. The molecule has 8 nitrogen and oxygen atoms in total. The van der Waals surface area contributed by atoms with E-state index >= 15 is 0 Å². The number of thiophene rings is 4. The first-order valence-corrected chi connectivity index (χ1v) is 27.2. The van der Waals surface area contributed by atoms with Gasteiger partial charge >= 0.3 is 0 Å². The number of fused-ring (bicyclic) bond motifs is 3. The molecular formula is C47H56N2O6S7. The highest BCUT2D eigenvalue weighted by Gasteiger charge is 2.38. The van der Waals surface area contributed by atoms with E-state index in [0.717, 1.165) is 119 Å². The zero-order valence-electron chi connectivity index (χ0n) is 36.8. The zero-order chi connectivity index (χ0) is 44.3. The lowest BCUT2D eigenvalue weighted by Crippen LogP contribution is -2.27. The van der Waals surface area contributed by atoms with Crippen molar-refractivity contribution in [2.75, 3.05) is 26.3 Å².